The van der Waals surface area contributed by atoms with Gasteiger partial charge in [-0.05, 0) is 36.7 Å². The van der Waals surface area contributed by atoms with E-state index in [1.54, 1.807) is 6.20 Å². The lowest BCUT2D eigenvalue weighted by atomic mass is 10.0. The van der Waals surface area contributed by atoms with Gasteiger partial charge in [-0.15, -0.1) is 0 Å². The van der Waals surface area contributed by atoms with Crippen molar-refractivity contribution in [2.75, 3.05) is 38.1 Å². The molecule has 0 bridgehead atoms. The zero-order valence-corrected chi connectivity index (χ0v) is 17.5. The number of nitrogens with zero attached hydrogens (tertiary/aromatic N) is 4. The van der Waals surface area contributed by atoms with E-state index in [1.165, 1.54) is 6.39 Å². The van der Waals surface area contributed by atoms with Gasteiger partial charge in [-0.25, -0.2) is 4.98 Å². The van der Waals surface area contributed by atoms with Crippen LogP contribution < -0.4 is 4.90 Å². The monoisotopic (exact) mass is 412 g/mol. The number of benzene rings is 2. The summed E-state index contributed by atoms with van der Waals surface area (Å²) < 4.78 is 5.40. The number of oxazole rings is 1. The van der Waals surface area contributed by atoms with Crippen LogP contribution in [0.1, 0.15) is 16.1 Å². The molecule has 1 saturated heterocycles. The fourth-order valence-electron chi connectivity index (χ4n) is 4.00. The van der Waals surface area contributed by atoms with Gasteiger partial charge < -0.3 is 14.2 Å². The molecule has 6 nitrogen and oxygen atoms in total. The summed E-state index contributed by atoms with van der Waals surface area (Å²) >= 11 is 0. The molecule has 0 amide bonds. The molecule has 1 fully saturated rings. The van der Waals surface area contributed by atoms with Crippen LogP contribution in [0.2, 0.25) is 0 Å². The van der Waals surface area contributed by atoms with Crippen molar-refractivity contribution in [1.29, 1.82) is 0 Å². The lowest BCUT2D eigenvalue weighted by Gasteiger charge is -2.34. The van der Waals surface area contributed by atoms with Crippen LogP contribution in [0.4, 0.5) is 5.69 Å². The van der Waals surface area contributed by atoms with Crippen LogP contribution in [-0.2, 0) is 6.42 Å². The van der Waals surface area contributed by atoms with Gasteiger partial charge in [0.2, 0.25) is 0 Å². The SMILES string of the molecule is CN1CCN(c2cccc(C(=O)Cc3cc4cc(-c5cnco5)ccc4cn3)c2)CC1. The number of ketones is 1. The number of aromatic nitrogens is 2. The Bertz CT molecular complexity index is 1210. The fraction of sp³-hybridized carbons (Fsp3) is 0.240. The lowest BCUT2D eigenvalue weighted by molar-refractivity contribution is 0.0992. The highest BCUT2D eigenvalue weighted by molar-refractivity contribution is 5.98. The quantitative estimate of drug-likeness (QED) is 0.461. The topological polar surface area (TPSA) is 62.5 Å². The Hall–Kier alpha value is -3.51. The highest BCUT2D eigenvalue weighted by Crippen LogP contribution is 2.25. The zero-order chi connectivity index (χ0) is 21.2. The molecule has 31 heavy (non-hydrogen) atoms. The van der Waals surface area contributed by atoms with Crippen LogP contribution >= 0.6 is 0 Å². The van der Waals surface area contributed by atoms with Gasteiger partial charge in [0, 0.05) is 60.3 Å². The fourth-order valence-corrected chi connectivity index (χ4v) is 4.00. The Morgan fingerprint density at radius 2 is 1.87 bits per heavy atom. The van der Waals surface area contributed by atoms with Crippen molar-refractivity contribution in [3.05, 3.63) is 78.6 Å². The van der Waals surface area contributed by atoms with Gasteiger partial charge in [0.25, 0.3) is 0 Å². The minimum Gasteiger partial charge on any atom is -0.444 e. The first-order valence-electron chi connectivity index (χ1n) is 10.5. The maximum atomic E-state index is 13.0. The third-order valence-corrected chi connectivity index (χ3v) is 5.87. The average Bonchev–Trinajstić information content (AvgIpc) is 3.34. The second kappa shape index (κ2) is 8.32. The Labute approximate surface area is 181 Å². The van der Waals surface area contributed by atoms with Crippen molar-refractivity contribution in [2.45, 2.75) is 6.42 Å². The molecule has 2 aromatic carbocycles. The molecule has 0 spiro atoms. The standard InChI is InChI=1S/C25H24N4O2/c1-28-7-9-29(10-8-28)23-4-2-3-18(13-23)24(30)14-22-12-21-11-19(25-16-26-17-31-25)5-6-20(21)15-27-22/h2-6,11-13,15-17H,7-10,14H2,1H3. The summed E-state index contributed by atoms with van der Waals surface area (Å²) in [5.74, 6) is 0.797. The van der Waals surface area contributed by atoms with E-state index in [4.69, 9.17) is 4.42 Å². The molecule has 0 N–H and O–H groups in total. The first-order chi connectivity index (χ1) is 15.2. The first-order valence-corrected chi connectivity index (χ1v) is 10.5. The number of hydrogen-bond donors (Lipinski definition) is 0. The van der Waals surface area contributed by atoms with E-state index in [9.17, 15) is 4.79 Å². The number of anilines is 1. The first kappa shape index (κ1) is 19.5. The minimum absolute atomic E-state index is 0.0780. The number of piperazine rings is 1. The molecule has 6 heteroatoms. The number of carbonyl (C=O) groups is 1. The van der Waals surface area contributed by atoms with Crippen LogP contribution in [0.3, 0.4) is 0 Å². The minimum atomic E-state index is 0.0780. The molecule has 0 radical (unpaired) electrons. The van der Waals surface area contributed by atoms with Gasteiger partial charge in [-0.2, -0.15) is 0 Å². The third kappa shape index (κ3) is 4.20. The van der Waals surface area contributed by atoms with Crippen molar-refractivity contribution in [1.82, 2.24) is 14.9 Å². The van der Waals surface area contributed by atoms with E-state index < -0.39 is 0 Å². The van der Waals surface area contributed by atoms with E-state index >= 15 is 0 Å². The summed E-state index contributed by atoms with van der Waals surface area (Å²) in [6.07, 6.45) is 5.21. The number of likely N-dealkylation sites (N-methyl/N-ethyl adjacent to an activating group) is 1. The molecule has 0 atom stereocenters. The van der Waals surface area contributed by atoms with Gasteiger partial charge in [-0.3, -0.25) is 9.78 Å². The predicted octanol–water partition coefficient (Wildman–Crippen LogP) is 4.07. The van der Waals surface area contributed by atoms with Gasteiger partial charge in [-0.1, -0.05) is 24.3 Å². The molecular formula is C25H24N4O2. The Kier molecular flexibility index (Phi) is 5.22. The smallest absolute Gasteiger partial charge is 0.181 e. The molecule has 0 aliphatic carbocycles. The van der Waals surface area contributed by atoms with Gasteiger partial charge >= 0.3 is 0 Å². The average molecular weight is 412 g/mol. The Morgan fingerprint density at radius 1 is 1.00 bits per heavy atom. The summed E-state index contributed by atoms with van der Waals surface area (Å²) in [5, 5.41) is 2.05. The van der Waals surface area contributed by atoms with Crippen LogP contribution in [0.5, 0.6) is 0 Å². The van der Waals surface area contributed by atoms with Crippen LogP contribution in [-0.4, -0.2) is 53.9 Å². The van der Waals surface area contributed by atoms with Gasteiger partial charge in [0.1, 0.15) is 0 Å². The summed E-state index contributed by atoms with van der Waals surface area (Å²) in [5.41, 5.74) is 3.56. The third-order valence-electron chi connectivity index (χ3n) is 5.87. The Morgan fingerprint density at radius 3 is 2.68 bits per heavy atom. The second-order valence-electron chi connectivity index (χ2n) is 8.04. The molecule has 0 unspecified atom stereocenters. The lowest BCUT2D eigenvalue weighted by Crippen LogP contribution is -2.44. The molecule has 0 saturated carbocycles. The number of fused-ring (bicyclic) bond motifs is 1. The predicted molar refractivity (Wildman–Crippen MR) is 121 cm³/mol. The maximum Gasteiger partial charge on any atom is 0.181 e. The molecule has 1 aliphatic heterocycles. The normalized spacial score (nSPS) is 14.8. The van der Waals surface area contributed by atoms with Gasteiger partial charge in [0.05, 0.1) is 12.6 Å². The molecule has 4 aromatic rings. The molecule has 2 aromatic heterocycles. The van der Waals surface area contributed by atoms with Crippen molar-refractivity contribution in [3.63, 3.8) is 0 Å². The molecule has 3 heterocycles. The highest BCUT2D eigenvalue weighted by atomic mass is 16.3. The highest BCUT2D eigenvalue weighted by Gasteiger charge is 2.16. The van der Waals surface area contributed by atoms with Gasteiger partial charge in [0.15, 0.2) is 17.9 Å². The number of Topliss-reactive ketones (excluding diaryl/α,β-unsaturated/α-hetero) is 1. The van der Waals surface area contributed by atoms with E-state index in [2.05, 4.69) is 32.9 Å². The largest absolute Gasteiger partial charge is 0.444 e. The van der Waals surface area contributed by atoms with Crippen molar-refractivity contribution < 1.29 is 9.21 Å². The van der Waals surface area contributed by atoms with Crippen molar-refractivity contribution in [3.8, 4) is 11.3 Å². The molecule has 156 valence electrons. The number of rotatable bonds is 5. The summed E-state index contributed by atoms with van der Waals surface area (Å²) in [4.78, 5) is 26.2. The Balaban J connectivity index is 1.35. The summed E-state index contributed by atoms with van der Waals surface area (Å²) in [7, 11) is 2.14. The number of hydrogen-bond acceptors (Lipinski definition) is 6. The van der Waals surface area contributed by atoms with Crippen LogP contribution in [0.15, 0.2) is 71.7 Å². The summed E-state index contributed by atoms with van der Waals surface area (Å²) in [6.45, 7) is 4.03. The van der Waals surface area contributed by atoms with Crippen molar-refractivity contribution >= 4 is 22.2 Å². The molecule has 1 aliphatic rings. The van der Waals surface area contributed by atoms with E-state index in [1.807, 2.05) is 48.7 Å². The summed E-state index contributed by atoms with van der Waals surface area (Å²) in [6, 6.07) is 16.0. The number of carbonyl (C=O) groups excluding carboxylic acids is 1. The van der Waals surface area contributed by atoms with E-state index in [0.29, 0.717) is 0 Å². The molecule has 5 rings (SSSR count). The zero-order valence-electron chi connectivity index (χ0n) is 17.5. The van der Waals surface area contributed by atoms with Crippen LogP contribution in [0, 0.1) is 0 Å². The van der Waals surface area contributed by atoms with Crippen LogP contribution in [0.25, 0.3) is 22.1 Å². The second-order valence-corrected chi connectivity index (χ2v) is 8.04. The van der Waals surface area contributed by atoms with Crippen molar-refractivity contribution in [2.24, 2.45) is 0 Å². The van der Waals surface area contributed by atoms with E-state index in [-0.39, 0.29) is 12.2 Å². The van der Waals surface area contributed by atoms with E-state index in [0.717, 1.165) is 65.2 Å². The number of pyridine rings is 1. The molecular weight excluding hydrogens is 388 g/mol. The maximum absolute atomic E-state index is 13.0.